The second-order valence-electron chi connectivity index (χ2n) is 7.03. The number of carbonyl (C=O) groups is 3. The van der Waals surface area contributed by atoms with Gasteiger partial charge >= 0.3 is 12.1 Å². The molecular formula is C24H18ClF3N2O4. The number of esters is 1. The van der Waals surface area contributed by atoms with Crippen molar-refractivity contribution in [2.24, 2.45) is 0 Å². The fourth-order valence-corrected chi connectivity index (χ4v) is 3.17. The summed E-state index contributed by atoms with van der Waals surface area (Å²) >= 11 is 5.62. The number of amides is 2. The molecule has 0 aromatic heterocycles. The largest absolute Gasteiger partial charge is 0.454 e. The highest BCUT2D eigenvalue weighted by atomic mass is 35.5. The smallest absolute Gasteiger partial charge is 0.418 e. The van der Waals surface area contributed by atoms with Gasteiger partial charge < -0.3 is 15.4 Å². The molecule has 0 aliphatic rings. The quantitative estimate of drug-likeness (QED) is 0.456. The first-order valence-corrected chi connectivity index (χ1v) is 10.3. The Labute approximate surface area is 197 Å². The minimum absolute atomic E-state index is 0.156. The Bertz CT molecular complexity index is 1170. The predicted molar refractivity (Wildman–Crippen MR) is 119 cm³/mol. The van der Waals surface area contributed by atoms with E-state index in [1.54, 1.807) is 60.7 Å². The van der Waals surface area contributed by atoms with Crippen LogP contribution in [0.2, 0.25) is 5.02 Å². The molecular weight excluding hydrogens is 473 g/mol. The van der Waals surface area contributed by atoms with Crippen LogP contribution in [0.4, 0.5) is 18.9 Å². The highest BCUT2D eigenvalue weighted by Gasteiger charge is 2.34. The molecule has 3 aromatic carbocycles. The third-order valence-corrected chi connectivity index (χ3v) is 4.82. The summed E-state index contributed by atoms with van der Waals surface area (Å²) in [6, 6.07) is 17.9. The van der Waals surface area contributed by atoms with Gasteiger partial charge in [-0.2, -0.15) is 13.2 Å². The zero-order valence-electron chi connectivity index (χ0n) is 17.4. The van der Waals surface area contributed by atoms with Crippen molar-refractivity contribution in [2.75, 3.05) is 11.9 Å². The molecule has 2 amide bonds. The van der Waals surface area contributed by atoms with E-state index in [0.29, 0.717) is 17.2 Å². The minimum atomic E-state index is -4.76. The normalized spacial score (nSPS) is 11.9. The highest BCUT2D eigenvalue weighted by molar-refractivity contribution is 6.30. The molecule has 0 saturated heterocycles. The Morgan fingerprint density at radius 1 is 0.912 bits per heavy atom. The van der Waals surface area contributed by atoms with Crippen molar-refractivity contribution in [3.8, 4) is 0 Å². The van der Waals surface area contributed by atoms with Gasteiger partial charge in [0, 0.05) is 10.6 Å². The second kappa shape index (κ2) is 10.8. The van der Waals surface area contributed by atoms with E-state index in [1.807, 2.05) is 0 Å². The first-order chi connectivity index (χ1) is 16.1. The summed E-state index contributed by atoms with van der Waals surface area (Å²) in [5.74, 6) is -2.51. The molecule has 0 radical (unpaired) electrons. The van der Waals surface area contributed by atoms with E-state index in [-0.39, 0.29) is 5.02 Å². The standard InChI is InChI=1S/C24H18ClF3N2O4/c25-17-11-12-19(18(13-17)24(26,27)28)29-20(31)14-34-23(33)21(15-7-3-1-4-8-15)30-22(32)16-9-5-2-6-10-16/h1-13,21H,14H2,(H,29,31)(H,30,32). The van der Waals surface area contributed by atoms with Crippen LogP contribution in [0.25, 0.3) is 0 Å². The zero-order chi connectivity index (χ0) is 24.7. The molecule has 2 N–H and O–H groups in total. The van der Waals surface area contributed by atoms with Gasteiger partial charge in [0.25, 0.3) is 11.8 Å². The Morgan fingerprint density at radius 2 is 1.53 bits per heavy atom. The number of alkyl halides is 3. The van der Waals surface area contributed by atoms with Gasteiger partial charge in [-0.1, -0.05) is 60.1 Å². The number of ether oxygens (including phenoxy) is 1. The Balaban J connectivity index is 1.70. The van der Waals surface area contributed by atoms with E-state index in [0.717, 1.165) is 6.07 Å². The molecule has 1 unspecified atom stereocenters. The summed E-state index contributed by atoms with van der Waals surface area (Å²) < 4.78 is 44.6. The Kier molecular flexibility index (Phi) is 7.91. The first-order valence-electron chi connectivity index (χ1n) is 9.89. The van der Waals surface area contributed by atoms with Crippen LogP contribution in [0.5, 0.6) is 0 Å². The molecule has 0 spiro atoms. The summed E-state index contributed by atoms with van der Waals surface area (Å²) in [7, 11) is 0. The summed E-state index contributed by atoms with van der Waals surface area (Å²) in [5.41, 5.74) is -0.974. The molecule has 34 heavy (non-hydrogen) atoms. The van der Waals surface area contributed by atoms with Crippen LogP contribution in [0.1, 0.15) is 27.5 Å². The van der Waals surface area contributed by atoms with E-state index in [9.17, 15) is 27.6 Å². The van der Waals surface area contributed by atoms with Gasteiger partial charge in [0.15, 0.2) is 12.6 Å². The molecule has 0 saturated carbocycles. The summed E-state index contributed by atoms with van der Waals surface area (Å²) in [6.45, 7) is -0.872. The van der Waals surface area contributed by atoms with Gasteiger partial charge in [-0.25, -0.2) is 4.79 Å². The number of hydrogen-bond donors (Lipinski definition) is 2. The van der Waals surface area contributed by atoms with Crippen molar-refractivity contribution in [3.63, 3.8) is 0 Å². The number of rotatable bonds is 7. The summed E-state index contributed by atoms with van der Waals surface area (Å²) in [5, 5.41) is 4.46. The maximum Gasteiger partial charge on any atom is 0.418 e. The lowest BCUT2D eigenvalue weighted by Gasteiger charge is -2.18. The number of halogens is 4. The fraction of sp³-hybridized carbons (Fsp3) is 0.125. The second-order valence-corrected chi connectivity index (χ2v) is 7.46. The third-order valence-electron chi connectivity index (χ3n) is 4.59. The van der Waals surface area contributed by atoms with Gasteiger partial charge in [0.1, 0.15) is 0 Å². The van der Waals surface area contributed by atoms with E-state index >= 15 is 0 Å². The monoisotopic (exact) mass is 490 g/mol. The molecule has 176 valence electrons. The molecule has 0 bridgehead atoms. The van der Waals surface area contributed by atoms with Crippen LogP contribution in [0.3, 0.4) is 0 Å². The van der Waals surface area contributed by atoms with Crippen LogP contribution in [0.15, 0.2) is 78.9 Å². The molecule has 1 atom stereocenters. The number of carbonyl (C=O) groups excluding carboxylic acids is 3. The van der Waals surface area contributed by atoms with Crippen LogP contribution in [0, 0.1) is 0 Å². The van der Waals surface area contributed by atoms with Gasteiger partial charge in [-0.05, 0) is 35.9 Å². The van der Waals surface area contributed by atoms with Crippen LogP contribution in [-0.4, -0.2) is 24.4 Å². The minimum Gasteiger partial charge on any atom is -0.454 e. The number of anilines is 1. The average Bonchev–Trinajstić information content (AvgIpc) is 2.82. The number of nitrogens with one attached hydrogen (secondary N) is 2. The van der Waals surface area contributed by atoms with Gasteiger partial charge in [0.05, 0.1) is 11.3 Å². The molecule has 6 nitrogen and oxygen atoms in total. The van der Waals surface area contributed by atoms with E-state index < -0.39 is 47.9 Å². The molecule has 0 aliphatic carbocycles. The molecule has 10 heteroatoms. The van der Waals surface area contributed by atoms with E-state index in [1.165, 1.54) is 6.07 Å². The van der Waals surface area contributed by atoms with Crippen molar-refractivity contribution in [1.29, 1.82) is 0 Å². The van der Waals surface area contributed by atoms with Gasteiger partial charge in [0.2, 0.25) is 0 Å². The zero-order valence-corrected chi connectivity index (χ0v) is 18.2. The lowest BCUT2D eigenvalue weighted by Crippen LogP contribution is -2.36. The van der Waals surface area contributed by atoms with Gasteiger partial charge in [-0.15, -0.1) is 0 Å². The molecule has 3 aromatic rings. The number of hydrogen-bond acceptors (Lipinski definition) is 4. The highest BCUT2D eigenvalue weighted by Crippen LogP contribution is 2.36. The molecule has 0 aliphatic heterocycles. The van der Waals surface area contributed by atoms with Crippen LogP contribution < -0.4 is 10.6 Å². The maximum atomic E-state index is 13.2. The van der Waals surface area contributed by atoms with Crippen LogP contribution in [-0.2, 0) is 20.5 Å². The van der Waals surface area contributed by atoms with Crippen molar-refractivity contribution in [1.82, 2.24) is 5.32 Å². The Morgan fingerprint density at radius 3 is 2.15 bits per heavy atom. The van der Waals surface area contributed by atoms with Crippen molar-refractivity contribution in [3.05, 3.63) is 101 Å². The predicted octanol–water partition coefficient (Wildman–Crippen LogP) is 5.01. The SMILES string of the molecule is O=C(COC(=O)C(NC(=O)c1ccccc1)c1ccccc1)Nc1ccc(Cl)cc1C(F)(F)F. The number of benzene rings is 3. The Hall–Kier alpha value is -3.85. The van der Waals surface area contributed by atoms with E-state index in [2.05, 4.69) is 10.6 Å². The molecule has 0 heterocycles. The summed E-state index contributed by atoms with van der Waals surface area (Å²) in [6.07, 6.45) is -4.76. The van der Waals surface area contributed by atoms with Crippen LogP contribution >= 0.6 is 11.6 Å². The molecule has 3 rings (SSSR count). The summed E-state index contributed by atoms with van der Waals surface area (Å²) in [4.78, 5) is 37.5. The third kappa shape index (κ3) is 6.58. The van der Waals surface area contributed by atoms with E-state index in [4.69, 9.17) is 16.3 Å². The topological polar surface area (TPSA) is 84.5 Å². The molecule has 0 fully saturated rings. The van der Waals surface area contributed by atoms with Crippen molar-refractivity contribution >= 4 is 35.1 Å². The lowest BCUT2D eigenvalue weighted by atomic mass is 10.1. The first kappa shape index (κ1) is 24.8. The fourth-order valence-electron chi connectivity index (χ4n) is 2.99. The van der Waals surface area contributed by atoms with Crippen molar-refractivity contribution < 1.29 is 32.3 Å². The maximum absolute atomic E-state index is 13.2. The lowest BCUT2D eigenvalue weighted by molar-refractivity contribution is -0.149. The van der Waals surface area contributed by atoms with Gasteiger partial charge in [-0.3, -0.25) is 9.59 Å². The average molecular weight is 491 g/mol. The van der Waals surface area contributed by atoms with Crippen molar-refractivity contribution in [2.45, 2.75) is 12.2 Å².